The van der Waals surface area contributed by atoms with E-state index in [2.05, 4.69) is 23.1 Å². The van der Waals surface area contributed by atoms with Crippen molar-refractivity contribution >= 4 is 0 Å². The normalized spacial score (nSPS) is 22.2. The van der Waals surface area contributed by atoms with E-state index in [0.717, 1.165) is 45.8 Å². The maximum atomic E-state index is 5.40. The van der Waals surface area contributed by atoms with Crippen molar-refractivity contribution in [2.75, 3.05) is 39.4 Å². The van der Waals surface area contributed by atoms with Gasteiger partial charge >= 0.3 is 0 Å². The lowest BCUT2D eigenvalue weighted by molar-refractivity contribution is 0.0637. The van der Waals surface area contributed by atoms with Gasteiger partial charge in [-0.15, -0.1) is 6.42 Å². The number of nitrogens with one attached hydrogen (secondary N) is 1. The molecular weight excluding hydrogens is 176 g/mol. The maximum absolute atomic E-state index is 5.40. The standard InChI is InChI=1S/C11H20N2O/c1-3-6-13(7-4-2)9-11-10-14-8-5-12-11/h1,11-12H,4-10H2,2H3. The van der Waals surface area contributed by atoms with Crippen LogP contribution in [0.3, 0.4) is 0 Å². The number of hydrogen-bond acceptors (Lipinski definition) is 3. The molecule has 0 amide bonds. The summed E-state index contributed by atoms with van der Waals surface area (Å²) in [6.45, 7) is 7.59. The molecule has 0 aromatic carbocycles. The predicted octanol–water partition coefficient (Wildman–Crippen LogP) is 0.320. The zero-order chi connectivity index (χ0) is 10.2. The second-order valence-electron chi connectivity index (χ2n) is 3.67. The van der Waals surface area contributed by atoms with E-state index in [4.69, 9.17) is 11.2 Å². The van der Waals surface area contributed by atoms with Gasteiger partial charge in [-0.3, -0.25) is 4.90 Å². The van der Waals surface area contributed by atoms with Gasteiger partial charge in [-0.25, -0.2) is 0 Å². The Balaban J connectivity index is 2.26. The first kappa shape index (κ1) is 11.5. The summed E-state index contributed by atoms with van der Waals surface area (Å²) >= 11 is 0. The molecule has 1 unspecified atom stereocenters. The molecule has 0 aliphatic carbocycles. The van der Waals surface area contributed by atoms with Crippen LogP contribution in [0, 0.1) is 12.3 Å². The van der Waals surface area contributed by atoms with Crippen LogP contribution in [0.4, 0.5) is 0 Å². The second-order valence-corrected chi connectivity index (χ2v) is 3.67. The molecule has 1 fully saturated rings. The van der Waals surface area contributed by atoms with Gasteiger partial charge in [0.25, 0.3) is 0 Å². The van der Waals surface area contributed by atoms with Crippen LogP contribution in [-0.4, -0.2) is 50.3 Å². The third-order valence-electron chi connectivity index (χ3n) is 2.33. The summed E-state index contributed by atoms with van der Waals surface area (Å²) in [6, 6.07) is 0.448. The first-order valence-corrected chi connectivity index (χ1v) is 5.33. The van der Waals surface area contributed by atoms with Gasteiger partial charge in [0.15, 0.2) is 0 Å². The van der Waals surface area contributed by atoms with Crippen LogP contribution in [-0.2, 0) is 4.74 Å². The Kier molecular flexibility index (Phi) is 5.62. The van der Waals surface area contributed by atoms with Crippen LogP contribution in [0.15, 0.2) is 0 Å². The van der Waals surface area contributed by atoms with E-state index in [9.17, 15) is 0 Å². The van der Waals surface area contributed by atoms with E-state index in [-0.39, 0.29) is 0 Å². The smallest absolute Gasteiger partial charge is 0.0632 e. The molecule has 3 nitrogen and oxygen atoms in total. The SMILES string of the molecule is C#CCN(CCC)CC1COCCN1. The number of terminal acetylenes is 1. The highest BCUT2D eigenvalue weighted by molar-refractivity contribution is 4.89. The molecule has 0 radical (unpaired) electrons. The molecule has 80 valence electrons. The van der Waals surface area contributed by atoms with E-state index in [1.54, 1.807) is 0 Å². The third kappa shape index (κ3) is 4.10. The lowest BCUT2D eigenvalue weighted by Crippen LogP contribution is -2.48. The Bertz CT molecular complexity index is 182. The summed E-state index contributed by atoms with van der Waals surface area (Å²) in [6.07, 6.45) is 6.47. The van der Waals surface area contributed by atoms with Crippen LogP contribution in [0.1, 0.15) is 13.3 Å². The monoisotopic (exact) mass is 196 g/mol. The average Bonchev–Trinajstić information content (AvgIpc) is 2.20. The first-order chi connectivity index (χ1) is 6.86. The predicted molar refractivity (Wildman–Crippen MR) is 58.2 cm³/mol. The zero-order valence-corrected chi connectivity index (χ0v) is 8.96. The van der Waals surface area contributed by atoms with Gasteiger partial charge in [-0.1, -0.05) is 12.8 Å². The van der Waals surface area contributed by atoms with Crippen LogP contribution < -0.4 is 5.32 Å². The average molecular weight is 196 g/mol. The quantitative estimate of drug-likeness (QED) is 0.641. The minimum absolute atomic E-state index is 0.448. The van der Waals surface area contributed by atoms with Crippen LogP contribution in [0.25, 0.3) is 0 Å². The van der Waals surface area contributed by atoms with Gasteiger partial charge in [0.2, 0.25) is 0 Å². The first-order valence-electron chi connectivity index (χ1n) is 5.33. The molecule has 1 saturated heterocycles. The van der Waals surface area contributed by atoms with E-state index in [1.165, 1.54) is 0 Å². The number of hydrogen-bond donors (Lipinski definition) is 1. The number of morpholine rings is 1. The Morgan fingerprint density at radius 1 is 1.64 bits per heavy atom. The third-order valence-corrected chi connectivity index (χ3v) is 2.33. The summed E-state index contributed by atoms with van der Waals surface area (Å²) in [5.74, 6) is 2.70. The Hall–Kier alpha value is -0.560. The molecule has 1 N–H and O–H groups in total. The summed E-state index contributed by atoms with van der Waals surface area (Å²) in [4.78, 5) is 2.30. The lowest BCUT2D eigenvalue weighted by Gasteiger charge is -2.29. The van der Waals surface area contributed by atoms with Crippen molar-refractivity contribution in [3.63, 3.8) is 0 Å². The summed E-state index contributed by atoms with van der Waals surface area (Å²) in [5, 5.41) is 3.43. The fourth-order valence-electron chi connectivity index (χ4n) is 1.73. The molecule has 1 atom stereocenters. The zero-order valence-electron chi connectivity index (χ0n) is 8.96. The number of rotatable bonds is 5. The van der Waals surface area contributed by atoms with Crippen molar-refractivity contribution in [2.45, 2.75) is 19.4 Å². The molecule has 1 aliphatic rings. The molecular formula is C11H20N2O. The summed E-state index contributed by atoms with van der Waals surface area (Å²) < 4.78 is 5.40. The molecule has 0 aromatic heterocycles. The molecule has 0 bridgehead atoms. The number of nitrogens with zero attached hydrogens (tertiary/aromatic N) is 1. The Morgan fingerprint density at radius 2 is 2.50 bits per heavy atom. The van der Waals surface area contributed by atoms with Crippen LogP contribution >= 0.6 is 0 Å². The van der Waals surface area contributed by atoms with E-state index in [1.807, 2.05) is 0 Å². The van der Waals surface area contributed by atoms with Gasteiger partial charge in [-0.05, 0) is 13.0 Å². The minimum atomic E-state index is 0.448. The molecule has 0 spiro atoms. The molecule has 0 saturated carbocycles. The van der Waals surface area contributed by atoms with E-state index < -0.39 is 0 Å². The molecule has 1 aliphatic heterocycles. The summed E-state index contributed by atoms with van der Waals surface area (Å²) in [5.41, 5.74) is 0. The highest BCUT2D eigenvalue weighted by atomic mass is 16.5. The van der Waals surface area contributed by atoms with Crippen LogP contribution in [0.2, 0.25) is 0 Å². The molecule has 1 heterocycles. The highest BCUT2D eigenvalue weighted by Crippen LogP contribution is 1.98. The fourth-order valence-corrected chi connectivity index (χ4v) is 1.73. The maximum Gasteiger partial charge on any atom is 0.0632 e. The van der Waals surface area contributed by atoms with Crippen molar-refractivity contribution in [3.8, 4) is 12.3 Å². The molecule has 0 aromatic rings. The lowest BCUT2D eigenvalue weighted by atomic mass is 10.2. The molecule has 14 heavy (non-hydrogen) atoms. The van der Waals surface area contributed by atoms with Crippen molar-refractivity contribution in [1.29, 1.82) is 0 Å². The van der Waals surface area contributed by atoms with Crippen molar-refractivity contribution < 1.29 is 4.74 Å². The van der Waals surface area contributed by atoms with Crippen molar-refractivity contribution in [1.82, 2.24) is 10.2 Å². The van der Waals surface area contributed by atoms with E-state index in [0.29, 0.717) is 6.04 Å². The summed E-state index contributed by atoms with van der Waals surface area (Å²) in [7, 11) is 0. The second kappa shape index (κ2) is 6.83. The fraction of sp³-hybridized carbons (Fsp3) is 0.818. The van der Waals surface area contributed by atoms with E-state index >= 15 is 0 Å². The van der Waals surface area contributed by atoms with Crippen LogP contribution in [0.5, 0.6) is 0 Å². The highest BCUT2D eigenvalue weighted by Gasteiger charge is 2.15. The Morgan fingerprint density at radius 3 is 3.07 bits per heavy atom. The Labute approximate surface area is 86.8 Å². The molecule has 1 rings (SSSR count). The van der Waals surface area contributed by atoms with Crippen molar-refractivity contribution in [2.24, 2.45) is 0 Å². The largest absolute Gasteiger partial charge is 0.378 e. The van der Waals surface area contributed by atoms with Gasteiger partial charge < -0.3 is 10.1 Å². The van der Waals surface area contributed by atoms with Gasteiger partial charge in [-0.2, -0.15) is 0 Å². The van der Waals surface area contributed by atoms with Gasteiger partial charge in [0.05, 0.1) is 19.8 Å². The van der Waals surface area contributed by atoms with Crippen molar-refractivity contribution in [3.05, 3.63) is 0 Å². The molecule has 3 heteroatoms. The topological polar surface area (TPSA) is 24.5 Å². The van der Waals surface area contributed by atoms with Gasteiger partial charge in [0.1, 0.15) is 0 Å². The van der Waals surface area contributed by atoms with Gasteiger partial charge in [0, 0.05) is 19.1 Å². The minimum Gasteiger partial charge on any atom is -0.378 e. The number of ether oxygens (including phenoxy) is 1.